The van der Waals surface area contributed by atoms with Gasteiger partial charge in [0.05, 0.1) is 5.92 Å². The summed E-state index contributed by atoms with van der Waals surface area (Å²) in [6.07, 6.45) is 1.00. The van der Waals surface area contributed by atoms with Crippen LogP contribution in [0.1, 0.15) is 30.4 Å². The Hall–Kier alpha value is -1.35. The van der Waals surface area contributed by atoms with Gasteiger partial charge in [0.2, 0.25) is 5.91 Å². The molecule has 1 aliphatic heterocycles. The molecule has 0 spiro atoms. The molecule has 1 unspecified atom stereocenters. The third-order valence-corrected chi connectivity index (χ3v) is 3.33. The molecule has 1 aromatic rings. The zero-order valence-electron chi connectivity index (χ0n) is 10.6. The molecule has 0 fully saturated rings. The van der Waals surface area contributed by atoms with Crippen LogP contribution in [0.25, 0.3) is 0 Å². The van der Waals surface area contributed by atoms with Gasteiger partial charge in [-0.25, -0.2) is 0 Å². The van der Waals surface area contributed by atoms with Crippen molar-refractivity contribution in [1.82, 2.24) is 10.2 Å². The van der Waals surface area contributed by atoms with Crippen LogP contribution in [-0.4, -0.2) is 30.9 Å². The lowest BCUT2D eigenvalue weighted by molar-refractivity contribution is -0.131. The molecule has 0 radical (unpaired) electrons. The van der Waals surface area contributed by atoms with Gasteiger partial charge >= 0.3 is 0 Å². The van der Waals surface area contributed by atoms with Crippen molar-refractivity contribution in [2.45, 2.75) is 25.8 Å². The number of rotatable bonds is 3. The maximum Gasteiger partial charge on any atom is 0.231 e. The standard InChI is InChI=1S/C14H20N2O/c1-3-8-16(2)14(17)13-10-15-9-11-6-4-5-7-12(11)13/h4-7,13,15H,3,8-10H2,1-2H3. The molecule has 1 amide bonds. The minimum Gasteiger partial charge on any atom is -0.345 e. The minimum atomic E-state index is -0.0171. The van der Waals surface area contributed by atoms with Crippen LogP contribution in [0.5, 0.6) is 0 Å². The second kappa shape index (κ2) is 5.32. The number of hydrogen-bond acceptors (Lipinski definition) is 2. The lowest BCUT2D eigenvalue weighted by atomic mass is 9.90. The summed E-state index contributed by atoms with van der Waals surface area (Å²) in [4.78, 5) is 14.2. The summed E-state index contributed by atoms with van der Waals surface area (Å²) in [5, 5.41) is 3.32. The van der Waals surface area contributed by atoms with Gasteiger partial charge in [0.15, 0.2) is 0 Å². The highest BCUT2D eigenvalue weighted by atomic mass is 16.2. The molecule has 1 aliphatic rings. The fourth-order valence-corrected chi connectivity index (χ4v) is 2.43. The van der Waals surface area contributed by atoms with E-state index in [1.165, 1.54) is 11.1 Å². The SMILES string of the molecule is CCCN(C)C(=O)C1CNCc2ccccc21. The van der Waals surface area contributed by atoms with Crippen LogP contribution in [-0.2, 0) is 11.3 Å². The van der Waals surface area contributed by atoms with Crippen LogP contribution >= 0.6 is 0 Å². The van der Waals surface area contributed by atoms with Crippen molar-refractivity contribution in [3.8, 4) is 0 Å². The number of hydrogen-bond donors (Lipinski definition) is 1. The van der Waals surface area contributed by atoms with E-state index in [1.807, 2.05) is 24.1 Å². The first-order valence-corrected chi connectivity index (χ1v) is 6.27. The Labute approximate surface area is 103 Å². The summed E-state index contributed by atoms with van der Waals surface area (Å²) in [5.41, 5.74) is 2.45. The van der Waals surface area contributed by atoms with Crippen LogP contribution < -0.4 is 5.32 Å². The maximum atomic E-state index is 12.3. The number of benzene rings is 1. The van der Waals surface area contributed by atoms with Crippen molar-refractivity contribution in [1.29, 1.82) is 0 Å². The molecule has 3 heteroatoms. The highest BCUT2D eigenvalue weighted by molar-refractivity contribution is 5.84. The molecule has 1 N–H and O–H groups in total. The number of nitrogens with one attached hydrogen (secondary N) is 1. The second-order valence-corrected chi connectivity index (χ2v) is 4.64. The quantitative estimate of drug-likeness (QED) is 0.861. The van der Waals surface area contributed by atoms with Crippen molar-refractivity contribution in [2.75, 3.05) is 20.1 Å². The minimum absolute atomic E-state index is 0.0171. The molecule has 0 aliphatic carbocycles. The maximum absolute atomic E-state index is 12.3. The van der Waals surface area contributed by atoms with Crippen molar-refractivity contribution in [2.24, 2.45) is 0 Å². The van der Waals surface area contributed by atoms with Gasteiger partial charge in [-0.15, -0.1) is 0 Å². The number of carbonyl (C=O) groups excluding carboxylic acids is 1. The average molecular weight is 232 g/mol. The van der Waals surface area contributed by atoms with E-state index in [1.54, 1.807) is 0 Å². The molecule has 1 heterocycles. The lowest BCUT2D eigenvalue weighted by Crippen LogP contribution is -2.40. The summed E-state index contributed by atoms with van der Waals surface area (Å²) in [5.74, 6) is 0.211. The molecule has 0 bridgehead atoms. The Bertz CT molecular complexity index is 403. The molecule has 2 rings (SSSR count). The van der Waals surface area contributed by atoms with E-state index < -0.39 is 0 Å². The summed E-state index contributed by atoms with van der Waals surface area (Å²) in [6, 6.07) is 8.23. The molecule has 0 saturated carbocycles. The predicted molar refractivity (Wildman–Crippen MR) is 68.8 cm³/mol. The van der Waals surface area contributed by atoms with Gasteiger partial charge in [-0.05, 0) is 17.5 Å². The van der Waals surface area contributed by atoms with Crippen LogP contribution in [0.3, 0.4) is 0 Å². The Morgan fingerprint density at radius 1 is 1.47 bits per heavy atom. The van der Waals surface area contributed by atoms with E-state index in [0.717, 1.165) is 26.1 Å². The van der Waals surface area contributed by atoms with Gasteiger partial charge < -0.3 is 10.2 Å². The van der Waals surface area contributed by atoms with Crippen molar-refractivity contribution in [3.05, 3.63) is 35.4 Å². The molecular formula is C14H20N2O. The molecule has 17 heavy (non-hydrogen) atoms. The van der Waals surface area contributed by atoms with Gasteiger partial charge in [-0.2, -0.15) is 0 Å². The lowest BCUT2D eigenvalue weighted by Gasteiger charge is -2.29. The summed E-state index contributed by atoms with van der Waals surface area (Å²) in [7, 11) is 1.89. The third kappa shape index (κ3) is 2.50. The van der Waals surface area contributed by atoms with E-state index >= 15 is 0 Å². The molecule has 1 atom stereocenters. The first kappa shape index (κ1) is 12.1. The van der Waals surface area contributed by atoms with E-state index in [0.29, 0.717) is 0 Å². The van der Waals surface area contributed by atoms with Crippen LogP contribution in [0.15, 0.2) is 24.3 Å². The van der Waals surface area contributed by atoms with E-state index in [9.17, 15) is 4.79 Å². The number of fused-ring (bicyclic) bond motifs is 1. The third-order valence-electron chi connectivity index (χ3n) is 3.33. The number of nitrogens with zero attached hydrogens (tertiary/aromatic N) is 1. The molecule has 92 valence electrons. The molecule has 0 saturated heterocycles. The van der Waals surface area contributed by atoms with Gasteiger partial charge in [0, 0.05) is 26.7 Å². The van der Waals surface area contributed by atoms with Gasteiger partial charge in [0.25, 0.3) is 0 Å². The normalized spacial score (nSPS) is 18.6. The zero-order chi connectivity index (χ0) is 12.3. The fraction of sp³-hybridized carbons (Fsp3) is 0.500. The largest absolute Gasteiger partial charge is 0.345 e. The van der Waals surface area contributed by atoms with Crippen molar-refractivity contribution in [3.63, 3.8) is 0 Å². The van der Waals surface area contributed by atoms with Crippen LogP contribution in [0.2, 0.25) is 0 Å². The first-order chi connectivity index (χ1) is 8.24. The Kier molecular flexibility index (Phi) is 3.79. The van der Waals surface area contributed by atoms with Crippen LogP contribution in [0.4, 0.5) is 0 Å². The van der Waals surface area contributed by atoms with Gasteiger partial charge in [-0.1, -0.05) is 31.2 Å². The fourth-order valence-electron chi connectivity index (χ4n) is 2.43. The number of amides is 1. The zero-order valence-corrected chi connectivity index (χ0v) is 10.6. The molecule has 1 aromatic carbocycles. The topological polar surface area (TPSA) is 32.3 Å². The summed E-state index contributed by atoms with van der Waals surface area (Å²) in [6.45, 7) is 4.55. The number of likely N-dealkylation sites (N-methyl/N-ethyl adjacent to an activating group) is 1. The summed E-state index contributed by atoms with van der Waals surface area (Å²) < 4.78 is 0. The first-order valence-electron chi connectivity index (χ1n) is 6.27. The summed E-state index contributed by atoms with van der Waals surface area (Å²) >= 11 is 0. The number of carbonyl (C=O) groups is 1. The Morgan fingerprint density at radius 3 is 3.00 bits per heavy atom. The van der Waals surface area contributed by atoms with E-state index in [-0.39, 0.29) is 11.8 Å². The van der Waals surface area contributed by atoms with Gasteiger partial charge in [0.1, 0.15) is 0 Å². The Morgan fingerprint density at radius 2 is 2.24 bits per heavy atom. The highest BCUT2D eigenvalue weighted by Gasteiger charge is 2.27. The van der Waals surface area contributed by atoms with Crippen LogP contribution in [0, 0.1) is 0 Å². The predicted octanol–water partition coefficient (Wildman–Crippen LogP) is 1.74. The smallest absolute Gasteiger partial charge is 0.231 e. The van der Waals surface area contributed by atoms with E-state index in [2.05, 4.69) is 24.4 Å². The van der Waals surface area contributed by atoms with Crippen molar-refractivity contribution < 1.29 is 4.79 Å². The molecule has 3 nitrogen and oxygen atoms in total. The Balaban J connectivity index is 2.20. The second-order valence-electron chi connectivity index (χ2n) is 4.64. The van der Waals surface area contributed by atoms with Gasteiger partial charge in [-0.3, -0.25) is 4.79 Å². The monoisotopic (exact) mass is 232 g/mol. The molecule has 0 aromatic heterocycles. The van der Waals surface area contributed by atoms with E-state index in [4.69, 9.17) is 0 Å². The average Bonchev–Trinajstić information content (AvgIpc) is 2.37. The van der Waals surface area contributed by atoms with Crippen molar-refractivity contribution >= 4 is 5.91 Å². The molecular weight excluding hydrogens is 212 g/mol. The highest BCUT2D eigenvalue weighted by Crippen LogP contribution is 2.25.